The third kappa shape index (κ3) is 2.36. The molecule has 5 heteroatoms. The van der Waals surface area contributed by atoms with Crippen molar-refractivity contribution in [3.8, 4) is 22.3 Å². The molecule has 1 aromatic carbocycles. The molecule has 25 heavy (non-hydrogen) atoms. The van der Waals surface area contributed by atoms with Crippen LogP contribution in [0.3, 0.4) is 0 Å². The van der Waals surface area contributed by atoms with Crippen molar-refractivity contribution in [2.24, 2.45) is 0 Å². The van der Waals surface area contributed by atoms with Crippen molar-refractivity contribution < 1.29 is 9.52 Å². The summed E-state index contributed by atoms with van der Waals surface area (Å²) in [5.74, 6) is 0. The molecule has 0 aliphatic carbocycles. The molecule has 5 rings (SSSR count). The molecule has 0 aliphatic rings. The van der Waals surface area contributed by atoms with E-state index in [9.17, 15) is 5.11 Å². The summed E-state index contributed by atoms with van der Waals surface area (Å²) in [5.41, 5.74) is 5.30. The molecule has 0 bridgehead atoms. The van der Waals surface area contributed by atoms with Gasteiger partial charge in [-0.1, -0.05) is 12.1 Å². The second kappa shape index (κ2) is 5.58. The van der Waals surface area contributed by atoms with Gasteiger partial charge in [-0.3, -0.25) is 0 Å². The summed E-state index contributed by atoms with van der Waals surface area (Å²) in [6, 6.07) is 10.5. The van der Waals surface area contributed by atoms with Crippen LogP contribution < -0.4 is 0 Å². The lowest BCUT2D eigenvalue weighted by Gasteiger charge is -2.08. The van der Waals surface area contributed by atoms with Gasteiger partial charge in [0.1, 0.15) is 5.65 Å². The van der Waals surface area contributed by atoms with Gasteiger partial charge in [-0.2, -0.15) is 0 Å². The van der Waals surface area contributed by atoms with Crippen LogP contribution in [-0.4, -0.2) is 14.5 Å². The number of imidazole rings is 1. The molecule has 0 saturated heterocycles. The molecular formula is C20H14N2O2S. The Bertz CT molecular complexity index is 1200. The lowest BCUT2D eigenvalue weighted by atomic mass is 10.0. The Balaban J connectivity index is 1.74. The van der Waals surface area contributed by atoms with Crippen LogP contribution in [0.1, 0.15) is 4.88 Å². The Hall–Kier alpha value is -2.89. The predicted octanol–water partition coefficient (Wildman–Crippen LogP) is 4.97. The van der Waals surface area contributed by atoms with E-state index < -0.39 is 0 Å². The summed E-state index contributed by atoms with van der Waals surface area (Å²) in [6.07, 6.45) is 9.36. The zero-order valence-electron chi connectivity index (χ0n) is 13.2. The minimum absolute atomic E-state index is 0.0714. The van der Waals surface area contributed by atoms with Crippen LogP contribution in [0.4, 0.5) is 0 Å². The number of nitrogens with zero attached hydrogens (tertiary/aromatic N) is 2. The first-order chi connectivity index (χ1) is 12.3. The molecule has 0 spiro atoms. The van der Waals surface area contributed by atoms with Crippen LogP contribution in [-0.2, 0) is 6.61 Å². The van der Waals surface area contributed by atoms with E-state index in [4.69, 9.17) is 4.42 Å². The fourth-order valence-electron chi connectivity index (χ4n) is 3.15. The Morgan fingerprint density at radius 3 is 2.84 bits per heavy atom. The highest BCUT2D eigenvalue weighted by Gasteiger charge is 2.11. The topological polar surface area (TPSA) is 50.7 Å². The fourth-order valence-corrected chi connectivity index (χ4v) is 3.90. The van der Waals surface area contributed by atoms with Gasteiger partial charge in [0.2, 0.25) is 0 Å². The molecule has 122 valence electrons. The first-order valence-corrected chi connectivity index (χ1v) is 8.81. The number of thiophene rings is 1. The number of aliphatic hydroxyl groups is 1. The molecule has 5 aromatic rings. The average molecular weight is 346 g/mol. The third-order valence-electron chi connectivity index (χ3n) is 4.42. The van der Waals surface area contributed by atoms with Crippen LogP contribution >= 0.6 is 11.3 Å². The summed E-state index contributed by atoms with van der Waals surface area (Å²) in [4.78, 5) is 5.48. The minimum Gasteiger partial charge on any atom is -0.471 e. The lowest BCUT2D eigenvalue weighted by molar-refractivity contribution is 0.285. The summed E-state index contributed by atoms with van der Waals surface area (Å²) < 4.78 is 7.34. The molecule has 0 radical (unpaired) electrons. The first-order valence-electron chi connectivity index (χ1n) is 7.93. The Morgan fingerprint density at radius 2 is 1.96 bits per heavy atom. The van der Waals surface area contributed by atoms with Gasteiger partial charge in [-0.25, -0.2) is 4.98 Å². The quantitative estimate of drug-likeness (QED) is 0.502. The van der Waals surface area contributed by atoms with Crippen molar-refractivity contribution in [3.63, 3.8) is 0 Å². The number of hydrogen-bond acceptors (Lipinski definition) is 4. The zero-order valence-corrected chi connectivity index (χ0v) is 14.0. The number of rotatable bonds is 3. The van der Waals surface area contributed by atoms with Crippen LogP contribution in [0.5, 0.6) is 0 Å². The normalized spacial score (nSPS) is 11.6. The van der Waals surface area contributed by atoms with Crippen molar-refractivity contribution in [2.75, 3.05) is 0 Å². The fraction of sp³-hybridized carbons (Fsp3) is 0.0500. The van der Waals surface area contributed by atoms with E-state index in [1.807, 2.05) is 22.9 Å². The maximum absolute atomic E-state index is 9.34. The van der Waals surface area contributed by atoms with E-state index in [0.717, 1.165) is 43.6 Å². The van der Waals surface area contributed by atoms with Gasteiger partial charge >= 0.3 is 0 Å². The summed E-state index contributed by atoms with van der Waals surface area (Å²) in [7, 11) is 0. The maximum Gasteiger partial charge on any atom is 0.144 e. The van der Waals surface area contributed by atoms with E-state index in [1.54, 1.807) is 23.9 Å². The van der Waals surface area contributed by atoms with Crippen molar-refractivity contribution in [1.82, 2.24) is 9.38 Å². The van der Waals surface area contributed by atoms with Crippen LogP contribution in [0.2, 0.25) is 0 Å². The molecule has 1 N–H and O–H groups in total. The zero-order chi connectivity index (χ0) is 16.8. The highest BCUT2D eigenvalue weighted by molar-refractivity contribution is 7.10. The molecular weight excluding hydrogens is 332 g/mol. The molecule has 0 atom stereocenters. The number of fused-ring (bicyclic) bond motifs is 2. The van der Waals surface area contributed by atoms with Gasteiger partial charge in [0.15, 0.2) is 0 Å². The molecule has 0 saturated carbocycles. The average Bonchev–Trinajstić information content (AvgIpc) is 3.39. The summed E-state index contributed by atoms with van der Waals surface area (Å²) in [6.45, 7) is 0.0714. The highest BCUT2D eigenvalue weighted by Crippen LogP contribution is 2.33. The van der Waals surface area contributed by atoms with E-state index in [0.29, 0.717) is 0 Å². The standard InChI is InChI=1S/C20H14N2O2S/c23-9-18-6-17(12-25-18)15-7-19(20-21-3-4-22(20)8-15)13-1-2-14-10-24-11-16(14)5-13/h1-8,10-12,23H,9H2. The van der Waals surface area contributed by atoms with Gasteiger partial charge in [0.05, 0.1) is 19.1 Å². The Kier molecular flexibility index (Phi) is 3.23. The lowest BCUT2D eigenvalue weighted by Crippen LogP contribution is -1.90. The predicted molar refractivity (Wildman–Crippen MR) is 99.6 cm³/mol. The van der Waals surface area contributed by atoms with Gasteiger partial charge in [0.25, 0.3) is 0 Å². The second-order valence-electron chi connectivity index (χ2n) is 5.98. The largest absolute Gasteiger partial charge is 0.471 e. The number of pyridine rings is 1. The SMILES string of the molecule is OCc1cc(-c2cc(-c3ccc4cocc4c3)c3nccn3c2)cs1. The number of hydrogen-bond donors (Lipinski definition) is 1. The summed E-state index contributed by atoms with van der Waals surface area (Å²) >= 11 is 1.57. The van der Waals surface area contributed by atoms with Gasteiger partial charge in [-0.05, 0) is 40.3 Å². The van der Waals surface area contributed by atoms with Crippen molar-refractivity contribution in [3.05, 3.63) is 71.7 Å². The number of furan rings is 1. The smallest absolute Gasteiger partial charge is 0.144 e. The summed E-state index contributed by atoms with van der Waals surface area (Å²) in [5, 5.41) is 13.6. The molecule has 4 heterocycles. The monoisotopic (exact) mass is 346 g/mol. The van der Waals surface area contributed by atoms with E-state index in [-0.39, 0.29) is 6.61 Å². The maximum atomic E-state index is 9.34. The highest BCUT2D eigenvalue weighted by atomic mass is 32.1. The minimum atomic E-state index is 0.0714. The molecule has 4 nitrogen and oxygen atoms in total. The number of benzene rings is 1. The second-order valence-corrected chi connectivity index (χ2v) is 6.97. The van der Waals surface area contributed by atoms with Crippen LogP contribution in [0.15, 0.2) is 71.2 Å². The van der Waals surface area contributed by atoms with Crippen molar-refractivity contribution >= 4 is 27.8 Å². The molecule has 4 aromatic heterocycles. The third-order valence-corrected chi connectivity index (χ3v) is 5.34. The number of aliphatic hydroxyl groups excluding tert-OH is 1. The van der Waals surface area contributed by atoms with Gasteiger partial charge in [0, 0.05) is 39.8 Å². The van der Waals surface area contributed by atoms with Crippen LogP contribution in [0, 0.1) is 0 Å². The first kappa shape index (κ1) is 14.5. The molecule has 0 aliphatic heterocycles. The molecule has 0 fully saturated rings. The van der Waals surface area contributed by atoms with Crippen molar-refractivity contribution in [1.29, 1.82) is 0 Å². The van der Waals surface area contributed by atoms with E-state index in [1.165, 1.54) is 0 Å². The van der Waals surface area contributed by atoms with E-state index >= 15 is 0 Å². The number of aromatic nitrogens is 2. The molecule has 0 amide bonds. The Labute approximate surface area is 147 Å². The van der Waals surface area contributed by atoms with Gasteiger partial charge < -0.3 is 13.9 Å². The Morgan fingerprint density at radius 1 is 1.04 bits per heavy atom. The molecule has 0 unspecified atom stereocenters. The van der Waals surface area contributed by atoms with Crippen LogP contribution in [0.25, 0.3) is 38.7 Å². The van der Waals surface area contributed by atoms with Gasteiger partial charge in [-0.15, -0.1) is 11.3 Å². The van der Waals surface area contributed by atoms with E-state index in [2.05, 4.69) is 40.8 Å². The van der Waals surface area contributed by atoms with Crippen molar-refractivity contribution in [2.45, 2.75) is 6.61 Å².